The van der Waals surface area contributed by atoms with Crippen molar-refractivity contribution in [2.75, 3.05) is 7.11 Å². The number of aromatic hydroxyl groups is 1. The van der Waals surface area contributed by atoms with Crippen molar-refractivity contribution in [1.29, 1.82) is 5.26 Å². The largest absolute Gasteiger partial charge is 0.496 e. The van der Waals surface area contributed by atoms with Gasteiger partial charge in [0.15, 0.2) is 0 Å². The number of hydrogen-bond acceptors (Lipinski definition) is 6. The highest BCUT2D eigenvalue weighted by molar-refractivity contribution is 6.13. The van der Waals surface area contributed by atoms with Gasteiger partial charge in [0, 0.05) is 0 Å². The molecule has 0 bridgehead atoms. The van der Waals surface area contributed by atoms with Gasteiger partial charge in [-0.3, -0.25) is 14.2 Å². The maximum absolute atomic E-state index is 13.1. The molecule has 27 heavy (non-hydrogen) atoms. The van der Waals surface area contributed by atoms with Gasteiger partial charge in [0.25, 0.3) is 5.56 Å². The predicted octanol–water partition coefficient (Wildman–Crippen LogP) is 2.61. The first-order valence-electron chi connectivity index (χ1n) is 8.06. The lowest BCUT2D eigenvalue weighted by molar-refractivity contribution is 0.103. The van der Waals surface area contributed by atoms with Crippen molar-refractivity contribution in [3.8, 4) is 17.7 Å². The minimum Gasteiger partial charge on any atom is -0.496 e. The Bertz CT molecular complexity index is 1100. The number of carbonyl (C=O) groups excluding carboxylic acids is 1. The zero-order valence-electron chi connectivity index (χ0n) is 14.7. The Morgan fingerprint density at radius 1 is 1.30 bits per heavy atom. The summed E-state index contributed by atoms with van der Waals surface area (Å²) in [5.74, 6) is -0.352. The summed E-state index contributed by atoms with van der Waals surface area (Å²) in [4.78, 5) is 25.7. The van der Waals surface area contributed by atoms with Crippen LogP contribution in [-0.4, -0.2) is 22.6 Å². The van der Waals surface area contributed by atoms with E-state index >= 15 is 0 Å². The Balaban J connectivity index is 2.25. The molecule has 0 amide bonds. The van der Waals surface area contributed by atoms with E-state index in [-0.39, 0.29) is 28.8 Å². The fourth-order valence-corrected chi connectivity index (χ4v) is 2.89. The molecule has 0 saturated carbocycles. The lowest BCUT2D eigenvalue weighted by Crippen LogP contribution is -2.27. The van der Waals surface area contributed by atoms with E-state index in [0.717, 1.165) is 4.57 Å². The van der Waals surface area contributed by atoms with E-state index < -0.39 is 17.2 Å². The molecule has 0 spiro atoms. The normalized spacial score (nSPS) is 10.4. The van der Waals surface area contributed by atoms with Gasteiger partial charge in [-0.15, -0.1) is 0 Å². The maximum Gasteiger partial charge on any atom is 0.271 e. The maximum atomic E-state index is 13.1. The minimum atomic E-state index is -0.694. The SMILES string of the molecule is COc1ccccc1C(=O)c1c(C)c(C#N)c(=O)n(Cc2ccco2)c1O. The van der Waals surface area contributed by atoms with E-state index in [4.69, 9.17) is 9.15 Å². The van der Waals surface area contributed by atoms with Crippen molar-refractivity contribution in [2.45, 2.75) is 13.5 Å². The second kappa shape index (κ2) is 7.22. The number of aromatic nitrogens is 1. The summed E-state index contributed by atoms with van der Waals surface area (Å²) in [6, 6.07) is 11.6. The molecule has 0 fully saturated rings. The summed E-state index contributed by atoms with van der Waals surface area (Å²) >= 11 is 0. The Kier molecular flexibility index (Phi) is 4.81. The van der Waals surface area contributed by atoms with Crippen LogP contribution < -0.4 is 10.3 Å². The smallest absolute Gasteiger partial charge is 0.271 e. The number of carbonyl (C=O) groups is 1. The summed E-state index contributed by atoms with van der Waals surface area (Å²) in [5, 5.41) is 20.1. The third kappa shape index (κ3) is 3.09. The third-order valence-corrected chi connectivity index (χ3v) is 4.27. The van der Waals surface area contributed by atoms with Crippen LogP contribution in [-0.2, 0) is 6.54 Å². The molecule has 0 saturated heterocycles. The number of furan rings is 1. The summed E-state index contributed by atoms with van der Waals surface area (Å²) in [5.41, 5.74) is -0.697. The summed E-state index contributed by atoms with van der Waals surface area (Å²) in [6.45, 7) is 1.35. The molecule has 1 N–H and O–H groups in total. The van der Waals surface area contributed by atoms with Crippen LogP contribution in [0.4, 0.5) is 0 Å². The number of pyridine rings is 1. The lowest BCUT2D eigenvalue weighted by Gasteiger charge is -2.15. The highest BCUT2D eigenvalue weighted by Crippen LogP contribution is 2.29. The van der Waals surface area contributed by atoms with E-state index in [1.165, 1.54) is 20.3 Å². The highest BCUT2D eigenvalue weighted by Gasteiger charge is 2.26. The number of para-hydroxylation sites is 1. The average molecular weight is 364 g/mol. The third-order valence-electron chi connectivity index (χ3n) is 4.27. The molecule has 0 aliphatic heterocycles. The van der Waals surface area contributed by atoms with Gasteiger partial charge < -0.3 is 14.3 Å². The van der Waals surface area contributed by atoms with Crippen molar-refractivity contribution in [3.63, 3.8) is 0 Å². The molecule has 3 rings (SSSR count). The zero-order chi connectivity index (χ0) is 19.6. The molecule has 0 aliphatic rings. The molecule has 1 aromatic carbocycles. The minimum absolute atomic E-state index is 0.112. The zero-order valence-corrected chi connectivity index (χ0v) is 14.7. The van der Waals surface area contributed by atoms with E-state index in [1.54, 1.807) is 36.4 Å². The van der Waals surface area contributed by atoms with Gasteiger partial charge in [-0.1, -0.05) is 12.1 Å². The fourth-order valence-electron chi connectivity index (χ4n) is 2.89. The molecule has 0 radical (unpaired) electrons. The number of methoxy groups -OCH3 is 1. The topological polar surface area (TPSA) is 105 Å². The predicted molar refractivity (Wildman–Crippen MR) is 96.1 cm³/mol. The van der Waals surface area contributed by atoms with E-state index in [0.29, 0.717) is 11.5 Å². The summed E-state index contributed by atoms with van der Waals surface area (Å²) in [7, 11) is 1.43. The molecule has 2 aromatic heterocycles. The molecule has 136 valence electrons. The number of benzene rings is 1. The number of ether oxygens (including phenoxy) is 1. The summed E-state index contributed by atoms with van der Waals surface area (Å²) in [6.07, 6.45) is 1.43. The van der Waals surface area contributed by atoms with Gasteiger partial charge in [-0.25, -0.2) is 0 Å². The number of ketones is 1. The number of rotatable bonds is 5. The Morgan fingerprint density at radius 2 is 2.04 bits per heavy atom. The lowest BCUT2D eigenvalue weighted by atomic mass is 9.96. The first-order valence-corrected chi connectivity index (χ1v) is 8.06. The number of hydrogen-bond donors (Lipinski definition) is 1. The Morgan fingerprint density at radius 3 is 2.67 bits per heavy atom. The van der Waals surface area contributed by atoms with Crippen molar-refractivity contribution in [1.82, 2.24) is 4.57 Å². The first-order chi connectivity index (χ1) is 13.0. The van der Waals surface area contributed by atoms with Crippen molar-refractivity contribution in [3.05, 3.63) is 81.0 Å². The number of nitrogens with zero attached hydrogens (tertiary/aromatic N) is 2. The van der Waals surface area contributed by atoms with Crippen LogP contribution in [0.3, 0.4) is 0 Å². The molecule has 0 atom stereocenters. The molecule has 0 unspecified atom stereocenters. The molecular weight excluding hydrogens is 348 g/mol. The number of nitriles is 1. The molecule has 3 aromatic rings. The van der Waals surface area contributed by atoms with Gasteiger partial charge in [-0.05, 0) is 36.8 Å². The average Bonchev–Trinajstić information content (AvgIpc) is 3.18. The molecular formula is C20H16N2O5. The molecule has 7 heteroatoms. The monoisotopic (exact) mass is 364 g/mol. The second-order valence-corrected chi connectivity index (χ2v) is 5.81. The van der Waals surface area contributed by atoms with E-state index in [9.17, 15) is 20.0 Å². The van der Waals surface area contributed by atoms with Crippen LogP contribution in [0.25, 0.3) is 0 Å². The highest BCUT2D eigenvalue weighted by atomic mass is 16.5. The van der Waals surface area contributed by atoms with Crippen LogP contribution in [0, 0.1) is 18.3 Å². The van der Waals surface area contributed by atoms with E-state index in [2.05, 4.69) is 0 Å². The Labute approximate surface area is 154 Å². The van der Waals surface area contributed by atoms with Crippen molar-refractivity contribution in [2.24, 2.45) is 0 Å². The second-order valence-electron chi connectivity index (χ2n) is 5.81. The summed E-state index contributed by atoms with van der Waals surface area (Å²) < 4.78 is 11.4. The van der Waals surface area contributed by atoms with Crippen molar-refractivity contribution < 1.29 is 19.1 Å². The van der Waals surface area contributed by atoms with Gasteiger partial charge >= 0.3 is 0 Å². The first kappa shape index (κ1) is 18.0. The van der Waals surface area contributed by atoms with Gasteiger partial charge in [0.2, 0.25) is 11.7 Å². The van der Waals surface area contributed by atoms with Gasteiger partial charge in [-0.2, -0.15) is 5.26 Å². The van der Waals surface area contributed by atoms with Crippen LogP contribution in [0.1, 0.15) is 32.8 Å². The van der Waals surface area contributed by atoms with Gasteiger partial charge in [0.05, 0.1) is 31.0 Å². The van der Waals surface area contributed by atoms with Crippen LogP contribution >= 0.6 is 0 Å². The van der Waals surface area contributed by atoms with Crippen LogP contribution in [0.5, 0.6) is 11.6 Å². The van der Waals surface area contributed by atoms with Crippen LogP contribution in [0.2, 0.25) is 0 Å². The Hall–Kier alpha value is -3.79. The quantitative estimate of drug-likeness (QED) is 0.698. The standard InChI is InChI=1S/C20H16N2O5/c1-12-15(10-21)19(24)22(11-13-6-5-9-27-13)20(25)17(12)18(23)14-7-3-4-8-16(14)26-2/h3-9,25H,11H2,1-2H3. The molecule has 2 heterocycles. The molecule has 7 nitrogen and oxygen atoms in total. The molecule has 0 aliphatic carbocycles. The fraction of sp³-hybridized carbons (Fsp3) is 0.150. The van der Waals surface area contributed by atoms with Gasteiger partial charge in [0.1, 0.15) is 23.1 Å². The van der Waals surface area contributed by atoms with Crippen molar-refractivity contribution >= 4 is 5.78 Å². The van der Waals surface area contributed by atoms with E-state index in [1.807, 2.05) is 6.07 Å². The van der Waals surface area contributed by atoms with Crippen LogP contribution in [0.15, 0.2) is 51.9 Å².